The summed E-state index contributed by atoms with van der Waals surface area (Å²) in [6, 6.07) is 13.0. The zero-order chi connectivity index (χ0) is 17.6. The minimum Gasteiger partial charge on any atom is -0.379 e. The van der Waals surface area contributed by atoms with E-state index in [2.05, 4.69) is 10.3 Å². The van der Waals surface area contributed by atoms with Crippen molar-refractivity contribution in [3.8, 4) is 11.9 Å². The maximum Gasteiger partial charge on any atom is 0.339 e. The summed E-state index contributed by atoms with van der Waals surface area (Å²) in [5, 5.41) is 11.5. The fourth-order valence-corrected chi connectivity index (χ4v) is 3.39. The van der Waals surface area contributed by atoms with E-state index in [-0.39, 0.29) is 10.6 Å². The molecule has 0 saturated carbocycles. The summed E-state index contributed by atoms with van der Waals surface area (Å²) in [6.07, 6.45) is 3.54. The van der Waals surface area contributed by atoms with E-state index in [1.807, 2.05) is 0 Å². The first kappa shape index (κ1) is 17.8. The van der Waals surface area contributed by atoms with Gasteiger partial charge in [0.05, 0.1) is 5.69 Å². The number of nitriles is 1. The van der Waals surface area contributed by atoms with E-state index in [1.54, 1.807) is 61.8 Å². The normalized spacial score (nSPS) is 11.6. The first-order valence-corrected chi connectivity index (χ1v) is 9.47. The van der Waals surface area contributed by atoms with Gasteiger partial charge in [-0.3, -0.25) is 5.32 Å². The Hall–Kier alpha value is -2.50. The Bertz CT molecular complexity index is 889. The summed E-state index contributed by atoms with van der Waals surface area (Å²) >= 11 is 1.25. The van der Waals surface area contributed by atoms with Gasteiger partial charge < -0.3 is 4.18 Å². The summed E-state index contributed by atoms with van der Waals surface area (Å²) in [5.41, 5.74) is 0.951. The number of rotatable bonds is 4. The summed E-state index contributed by atoms with van der Waals surface area (Å²) in [4.78, 5) is 4.25. The Morgan fingerprint density at radius 3 is 2.58 bits per heavy atom. The van der Waals surface area contributed by atoms with Gasteiger partial charge in [0, 0.05) is 0 Å². The predicted octanol–water partition coefficient (Wildman–Crippen LogP) is 3.18. The van der Waals surface area contributed by atoms with Crippen molar-refractivity contribution >= 4 is 32.7 Å². The van der Waals surface area contributed by atoms with Crippen LogP contribution in [0.15, 0.2) is 58.4 Å². The Morgan fingerprint density at radius 2 is 1.96 bits per heavy atom. The molecule has 0 aromatic heterocycles. The van der Waals surface area contributed by atoms with Crippen molar-refractivity contribution in [2.24, 2.45) is 4.99 Å². The molecule has 0 spiro atoms. The van der Waals surface area contributed by atoms with Crippen LogP contribution in [0.2, 0.25) is 0 Å². The Balaban J connectivity index is 2.39. The van der Waals surface area contributed by atoms with Crippen molar-refractivity contribution in [2.75, 3.05) is 6.26 Å². The van der Waals surface area contributed by atoms with Crippen molar-refractivity contribution in [2.45, 2.75) is 11.8 Å². The second-order valence-electron chi connectivity index (χ2n) is 4.66. The van der Waals surface area contributed by atoms with Crippen molar-refractivity contribution in [3.05, 3.63) is 54.1 Å². The molecule has 0 bridgehead atoms. The third-order valence-electron chi connectivity index (χ3n) is 2.98. The van der Waals surface area contributed by atoms with E-state index in [4.69, 9.17) is 9.44 Å². The van der Waals surface area contributed by atoms with Gasteiger partial charge >= 0.3 is 10.1 Å². The van der Waals surface area contributed by atoms with Crippen molar-refractivity contribution in [3.63, 3.8) is 0 Å². The highest BCUT2D eigenvalue weighted by molar-refractivity contribution is 8.13. The average molecular weight is 361 g/mol. The lowest BCUT2D eigenvalue weighted by Crippen LogP contribution is -2.13. The lowest BCUT2D eigenvalue weighted by molar-refractivity contribution is 0.485. The Labute approximate surface area is 145 Å². The molecule has 6 nitrogen and oxygen atoms in total. The fourth-order valence-electron chi connectivity index (χ4n) is 1.86. The van der Waals surface area contributed by atoms with Gasteiger partial charge in [-0.05, 0) is 43.0 Å². The highest BCUT2D eigenvalue weighted by Gasteiger charge is 2.20. The number of para-hydroxylation sites is 1. The van der Waals surface area contributed by atoms with Crippen LogP contribution in [0.25, 0.3) is 0 Å². The second kappa shape index (κ2) is 7.86. The number of hydrogen-bond donors (Lipinski definition) is 1. The van der Waals surface area contributed by atoms with Gasteiger partial charge in [-0.15, -0.1) is 0 Å². The van der Waals surface area contributed by atoms with Crippen LogP contribution in [-0.2, 0) is 10.1 Å². The molecule has 0 saturated heterocycles. The first-order chi connectivity index (χ1) is 11.5. The summed E-state index contributed by atoms with van der Waals surface area (Å²) in [7, 11) is -3.98. The van der Waals surface area contributed by atoms with Gasteiger partial charge in [-0.25, -0.2) is 4.99 Å². The van der Waals surface area contributed by atoms with Crippen LogP contribution in [0.5, 0.6) is 5.75 Å². The molecule has 2 aromatic rings. The quantitative estimate of drug-likeness (QED) is 0.296. The maximum absolute atomic E-state index is 12.5. The molecule has 0 amide bonds. The number of aryl methyl sites for hydroxylation is 1. The Kier molecular flexibility index (Phi) is 5.84. The maximum atomic E-state index is 12.5. The molecule has 24 heavy (non-hydrogen) atoms. The molecule has 124 valence electrons. The van der Waals surface area contributed by atoms with E-state index in [9.17, 15) is 8.42 Å². The minimum absolute atomic E-state index is 0.0324. The molecule has 0 radical (unpaired) electrons. The van der Waals surface area contributed by atoms with Crippen molar-refractivity contribution in [1.29, 1.82) is 5.26 Å². The number of amidine groups is 1. The van der Waals surface area contributed by atoms with Crippen LogP contribution >= 0.6 is 11.8 Å². The third kappa shape index (κ3) is 4.50. The number of aliphatic imine (C=N–C) groups is 1. The molecular weight excluding hydrogens is 346 g/mol. The Morgan fingerprint density at radius 1 is 1.25 bits per heavy atom. The van der Waals surface area contributed by atoms with Gasteiger partial charge in [0.2, 0.25) is 0 Å². The number of hydrogen-bond acceptors (Lipinski definition) is 6. The molecule has 0 fully saturated rings. The van der Waals surface area contributed by atoms with Crippen molar-refractivity contribution < 1.29 is 12.6 Å². The molecule has 0 aliphatic rings. The largest absolute Gasteiger partial charge is 0.379 e. The number of nitrogens with zero attached hydrogens (tertiary/aromatic N) is 2. The van der Waals surface area contributed by atoms with Gasteiger partial charge in [0.1, 0.15) is 10.6 Å². The van der Waals surface area contributed by atoms with Crippen molar-refractivity contribution in [1.82, 2.24) is 5.32 Å². The summed E-state index contributed by atoms with van der Waals surface area (Å²) in [6.45, 7) is 1.68. The SMILES string of the molecule is CSC(=Nc1ccc(C)c(S(=O)(=O)Oc2ccccc2)c1)NC#N. The molecule has 0 atom stereocenters. The number of nitrogens with one attached hydrogen (secondary N) is 1. The first-order valence-electron chi connectivity index (χ1n) is 6.84. The van der Waals surface area contributed by atoms with Gasteiger partial charge in [0.25, 0.3) is 0 Å². The highest BCUT2D eigenvalue weighted by Crippen LogP contribution is 2.26. The monoisotopic (exact) mass is 361 g/mol. The molecule has 0 aliphatic heterocycles. The van der Waals surface area contributed by atoms with Crippen LogP contribution in [0, 0.1) is 18.4 Å². The zero-order valence-corrected chi connectivity index (χ0v) is 14.7. The van der Waals surface area contributed by atoms with E-state index < -0.39 is 10.1 Å². The fraction of sp³-hybridized carbons (Fsp3) is 0.125. The lowest BCUT2D eigenvalue weighted by atomic mass is 10.2. The average Bonchev–Trinajstić information content (AvgIpc) is 2.56. The standard InChI is InChI=1S/C16H15N3O3S2/c1-12-8-9-13(19-16(23-2)18-11-17)10-15(12)24(20,21)22-14-6-4-3-5-7-14/h3-10H,1-2H3,(H,18,19). The minimum atomic E-state index is -3.98. The molecule has 0 aliphatic carbocycles. The lowest BCUT2D eigenvalue weighted by Gasteiger charge is -2.10. The highest BCUT2D eigenvalue weighted by atomic mass is 32.2. The van der Waals surface area contributed by atoms with E-state index in [0.717, 1.165) is 0 Å². The summed E-state index contributed by atoms with van der Waals surface area (Å²) < 4.78 is 30.2. The van der Waals surface area contributed by atoms with Gasteiger partial charge in [-0.2, -0.15) is 13.7 Å². The third-order valence-corrected chi connectivity index (χ3v) is 4.95. The summed E-state index contributed by atoms with van der Waals surface area (Å²) in [5.74, 6) is 0.238. The van der Waals surface area contributed by atoms with Crippen LogP contribution < -0.4 is 9.50 Å². The molecule has 1 N–H and O–H groups in total. The number of benzene rings is 2. The molecule has 8 heteroatoms. The van der Waals surface area contributed by atoms with Gasteiger partial charge in [-0.1, -0.05) is 36.0 Å². The van der Waals surface area contributed by atoms with Crippen LogP contribution in [0.4, 0.5) is 5.69 Å². The van der Waals surface area contributed by atoms with Crippen LogP contribution in [-0.4, -0.2) is 19.8 Å². The molecular formula is C16H15N3O3S2. The second-order valence-corrected chi connectivity index (χ2v) is 6.97. The predicted molar refractivity (Wildman–Crippen MR) is 94.8 cm³/mol. The number of thioether (sulfide) groups is 1. The molecule has 2 aromatic carbocycles. The molecule has 2 rings (SSSR count). The topological polar surface area (TPSA) is 91.6 Å². The van der Waals surface area contributed by atoms with Gasteiger partial charge in [0.15, 0.2) is 11.4 Å². The smallest absolute Gasteiger partial charge is 0.339 e. The van der Waals surface area contributed by atoms with E-state index in [0.29, 0.717) is 16.4 Å². The van der Waals surface area contributed by atoms with Crippen LogP contribution in [0.1, 0.15) is 5.56 Å². The van der Waals surface area contributed by atoms with E-state index in [1.165, 1.54) is 17.8 Å². The van der Waals surface area contributed by atoms with Crippen LogP contribution in [0.3, 0.4) is 0 Å². The molecule has 0 unspecified atom stereocenters. The van der Waals surface area contributed by atoms with E-state index >= 15 is 0 Å². The molecule has 0 heterocycles. The zero-order valence-electron chi connectivity index (χ0n) is 13.1.